The highest BCUT2D eigenvalue weighted by Gasteiger charge is 2.34. The van der Waals surface area contributed by atoms with E-state index >= 15 is 0 Å². The summed E-state index contributed by atoms with van der Waals surface area (Å²) < 4.78 is 47.1. The van der Waals surface area contributed by atoms with Crippen LogP contribution < -0.4 is 4.74 Å². The zero-order chi connectivity index (χ0) is 18.2. The van der Waals surface area contributed by atoms with Crippen LogP contribution in [0.2, 0.25) is 0 Å². The number of methoxy groups -OCH3 is 1. The van der Waals surface area contributed by atoms with E-state index in [4.69, 9.17) is 4.74 Å². The lowest BCUT2D eigenvalue weighted by molar-refractivity contribution is -0.136. The van der Waals surface area contributed by atoms with Crippen molar-refractivity contribution in [1.29, 1.82) is 0 Å². The third-order valence-corrected chi connectivity index (χ3v) is 4.20. The normalized spacial score (nSPS) is 11.9. The van der Waals surface area contributed by atoms with Crippen LogP contribution in [0.3, 0.4) is 0 Å². The van der Waals surface area contributed by atoms with Gasteiger partial charge in [0.25, 0.3) is 0 Å². The number of aryl methyl sites for hydroxylation is 2. The van der Waals surface area contributed by atoms with Gasteiger partial charge in [0, 0.05) is 17.5 Å². The fourth-order valence-corrected chi connectivity index (χ4v) is 3.07. The van der Waals surface area contributed by atoms with Crippen molar-refractivity contribution in [2.75, 3.05) is 7.11 Å². The molecule has 0 aliphatic carbocycles. The van der Waals surface area contributed by atoms with Crippen LogP contribution in [0.25, 0.3) is 22.2 Å². The molecule has 132 valence electrons. The average molecular weight is 348 g/mol. The molecule has 25 heavy (non-hydrogen) atoms. The predicted octanol–water partition coefficient (Wildman–Crippen LogP) is 5.45. The smallest absolute Gasteiger partial charge is 0.418 e. The maximum Gasteiger partial charge on any atom is 0.418 e. The molecular formula is C19H19F3N2O. The highest BCUT2D eigenvalue weighted by molar-refractivity contribution is 5.96. The molecule has 2 aromatic carbocycles. The molecule has 3 aromatic rings. The third-order valence-electron chi connectivity index (χ3n) is 4.20. The number of para-hydroxylation sites is 1. The summed E-state index contributed by atoms with van der Waals surface area (Å²) in [6.45, 7) is 4.25. The quantitative estimate of drug-likeness (QED) is 0.627. The monoisotopic (exact) mass is 348 g/mol. The van der Waals surface area contributed by atoms with Gasteiger partial charge in [-0.2, -0.15) is 18.3 Å². The van der Waals surface area contributed by atoms with Crippen molar-refractivity contribution in [3.63, 3.8) is 0 Å². The van der Waals surface area contributed by atoms with Gasteiger partial charge in [-0.25, -0.2) is 0 Å². The lowest BCUT2D eigenvalue weighted by atomic mass is 10.0. The zero-order valence-electron chi connectivity index (χ0n) is 14.3. The van der Waals surface area contributed by atoms with Crippen LogP contribution in [0.1, 0.15) is 24.5 Å². The van der Waals surface area contributed by atoms with E-state index in [9.17, 15) is 13.2 Å². The summed E-state index contributed by atoms with van der Waals surface area (Å²) in [5.41, 5.74) is 1.76. The molecule has 3 rings (SSSR count). The van der Waals surface area contributed by atoms with Gasteiger partial charge in [0.15, 0.2) is 0 Å². The number of halogens is 3. The molecule has 3 nitrogen and oxygen atoms in total. The molecule has 1 heterocycles. The van der Waals surface area contributed by atoms with Crippen LogP contribution >= 0.6 is 0 Å². The predicted molar refractivity (Wildman–Crippen MR) is 91.8 cm³/mol. The van der Waals surface area contributed by atoms with Crippen LogP contribution in [-0.4, -0.2) is 16.9 Å². The highest BCUT2D eigenvalue weighted by Crippen LogP contribution is 2.39. The summed E-state index contributed by atoms with van der Waals surface area (Å²) in [5.74, 6) is 0.703. The summed E-state index contributed by atoms with van der Waals surface area (Å²) in [4.78, 5) is 0. The van der Waals surface area contributed by atoms with E-state index in [0.717, 1.165) is 17.2 Å². The molecule has 0 aliphatic rings. The standard InChI is InChI=1S/C19H19F3N2O/c1-4-10-24-18-15(6-5-7-16(18)19(20,21)22)17(23-24)14-9-8-13(25-3)11-12(14)2/h5-9,11H,4,10H2,1-3H3. The van der Waals surface area contributed by atoms with Gasteiger partial charge in [-0.15, -0.1) is 0 Å². The van der Waals surface area contributed by atoms with E-state index in [2.05, 4.69) is 5.10 Å². The summed E-state index contributed by atoms with van der Waals surface area (Å²) in [5, 5.41) is 5.03. The number of aromatic nitrogens is 2. The van der Waals surface area contributed by atoms with Crippen molar-refractivity contribution >= 4 is 10.9 Å². The Labute approximate surface area is 144 Å². The zero-order valence-corrected chi connectivity index (χ0v) is 14.3. The average Bonchev–Trinajstić information content (AvgIpc) is 2.93. The second kappa shape index (κ2) is 6.43. The minimum absolute atomic E-state index is 0.141. The van der Waals surface area contributed by atoms with Crippen molar-refractivity contribution in [3.05, 3.63) is 47.5 Å². The number of benzene rings is 2. The highest BCUT2D eigenvalue weighted by atomic mass is 19.4. The molecule has 0 N–H and O–H groups in total. The maximum atomic E-state index is 13.5. The van der Waals surface area contributed by atoms with Gasteiger partial charge in [0.1, 0.15) is 11.4 Å². The SMILES string of the molecule is CCCn1nc(-c2ccc(OC)cc2C)c2cccc(C(F)(F)F)c21. The molecule has 0 spiro atoms. The van der Waals surface area contributed by atoms with Crippen LogP contribution in [0.15, 0.2) is 36.4 Å². The molecule has 0 radical (unpaired) electrons. The lowest BCUT2D eigenvalue weighted by Crippen LogP contribution is -2.09. The van der Waals surface area contributed by atoms with Crippen molar-refractivity contribution < 1.29 is 17.9 Å². The van der Waals surface area contributed by atoms with E-state index in [-0.39, 0.29) is 5.52 Å². The Kier molecular flexibility index (Phi) is 4.45. The number of nitrogens with zero attached hydrogens (tertiary/aromatic N) is 2. The minimum Gasteiger partial charge on any atom is -0.497 e. The first-order valence-corrected chi connectivity index (χ1v) is 8.08. The van der Waals surface area contributed by atoms with E-state index in [1.54, 1.807) is 19.2 Å². The molecule has 6 heteroatoms. The van der Waals surface area contributed by atoms with E-state index < -0.39 is 11.7 Å². The molecule has 0 amide bonds. The van der Waals surface area contributed by atoms with Crippen LogP contribution in [0.5, 0.6) is 5.75 Å². The molecule has 0 atom stereocenters. The molecule has 1 aromatic heterocycles. The second-order valence-electron chi connectivity index (χ2n) is 5.95. The Morgan fingerprint density at radius 1 is 1.16 bits per heavy atom. The van der Waals surface area contributed by atoms with Crippen molar-refractivity contribution in [2.24, 2.45) is 0 Å². The van der Waals surface area contributed by atoms with Gasteiger partial charge < -0.3 is 4.74 Å². The van der Waals surface area contributed by atoms with Crippen LogP contribution in [-0.2, 0) is 12.7 Å². The molecule has 0 unspecified atom stereocenters. The largest absolute Gasteiger partial charge is 0.497 e. The van der Waals surface area contributed by atoms with Gasteiger partial charge in [0.05, 0.1) is 18.2 Å². The Balaban J connectivity index is 2.30. The minimum atomic E-state index is -4.42. The fraction of sp³-hybridized carbons (Fsp3) is 0.316. The number of hydrogen-bond acceptors (Lipinski definition) is 2. The molecule has 0 saturated heterocycles. The summed E-state index contributed by atoms with van der Waals surface area (Å²) in [7, 11) is 1.58. The Bertz CT molecular complexity index is 913. The van der Waals surface area contributed by atoms with E-state index in [1.165, 1.54) is 10.7 Å². The first kappa shape index (κ1) is 17.3. The number of rotatable bonds is 4. The first-order chi connectivity index (χ1) is 11.9. The molecule has 0 bridgehead atoms. The van der Waals surface area contributed by atoms with E-state index in [1.807, 2.05) is 26.0 Å². The van der Waals surface area contributed by atoms with E-state index in [0.29, 0.717) is 29.8 Å². The fourth-order valence-electron chi connectivity index (χ4n) is 3.07. The molecule has 0 aliphatic heterocycles. The Morgan fingerprint density at radius 2 is 1.92 bits per heavy atom. The number of fused-ring (bicyclic) bond motifs is 1. The number of ether oxygens (including phenoxy) is 1. The molecular weight excluding hydrogens is 329 g/mol. The summed E-state index contributed by atoms with van der Waals surface area (Å²) in [6, 6.07) is 9.73. The molecule has 0 fully saturated rings. The van der Waals surface area contributed by atoms with Crippen LogP contribution in [0, 0.1) is 6.92 Å². The van der Waals surface area contributed by atoms with Gasteiger partial charge >= 0.3 is 6.18 Å². The Morgan fingerprint density at radius 3 is 2.52 bits per heavy atom. The van der Waals surface area contributed by atoms with Gasteiger partial charge in [0.2, 0.25) is 0 Å². The maximum absolute atomic E-state index is 13.5. The first-order valence-electron chi connectivity index (χ1n) is 8.08. The van der Waals surface area contributed by atoms with Crippen molar-refractivity contribution in [2.45, 2.75) is 33.0 Å². The van der Waals surface area contributed by atoms with Crippen molar-refractivity contribution in [1.82, 2.24) is 9.78 Å². The summed E-state index contributed by atoms with van der Waals surface area (Å²) >= 11 is 0. The second-order valence-corrected chi connectivity index (χ2v) is 5.95. The van der Waals surface area contributed by atoms with Crippen molar-refractivity contribution in [3.8, 4) is 17.0 Å². The third kappa shape index (κ3) is 3.08. The number of alkyl halides is 3. The van der Waals surface area contributed by atoms with Crippen LogP contribution in [0.4, 0.5) is 13.2 Å². The Hall–Kier alpha value is -2.50. The molecule has 0 saturated carbocycles. The van der Waals surface area contributed by atoms with Gasteiger partial charge in [-0.3, -0.25) is 4.68 Å². The number of hydrogen-bond donors (Lipinski definition) is 0. The topological polar surface area (TPSA) is 27.1 Å². The van der Waals surface area contributed by atoms with Gasteiger partial charge in [-0.1, -0.05) is 19.1 Å². The summed E-state index contributed by atoms with van der Waals surface area (Å²) in [6.07, 6.45) is -3.72. The lowest BCUT2D eigenvalue weighted by Gasteiger charge is -2.10. The van der Waals surface area contributed by atoms with Gasteiger partial charge in [-0.05, 0) is 43.2 Å².